The van der Waals surface area contributed by atoms with Crippen molar-refractivity contribution in [3.05, 3.63) is 67.6 Å². The molecule has 24 heavy (non-hydrogen) atoms. The van der Waals surface area contributed by atoms with E-state index < -0.39 is 22.3 Å². The number of nitro benzene ring substituents is 1. The maximum atomic E-state index is 11.8. The van der Waals surface area contributed by atoms with Gasteiger partial charge in [0.1, 0.15) is 6.54 Å². The largest absolute Gasteiger partial charge is 0.867 e. The molecule has 10 heteroatoms. The Morgan fingerprint density at radius 3 is 2.83 bits per heavy atom. The Morgan fingerprint density at radius 2 is 2.17 bits per heavy atom. The molecule has 1 aromatic carbocycles. The van der Waals surface area contributed by atoms with E-state index in [1.165, 1.54) is 24.4 Å². The lowest BCUT2D eigenvalue weighted by Crippen LogP contribution is -2.29. The maximum absolute atomic E-state index is 11.8. The first-order valence-corrected chi connectivity index (χ1v) is 6.88. The van der Waals surface area contributed by atoms with Gasteiger partial charge in [-0.25, -0.2) is 5.43 Å². The van der Waals surface area contributed by atoms with Gasteiger partial charge in [-0.15, -0.1) is 0 Å². The molecule has 0 saturated carbocycles. The molecule has 1 aromatic heterocycles. The SMILES string of the molecule is O=C(Cn1ccccc1=O)N/N=C\c1cc(Cl)cc([N+](=O)[O-])c1[O-]. The Kier molecular flexibility index (Phi) is 5.27. The fourth-order valence-electron chi connectivity index (χ4n) is 1.79. The van der Waals surface area contributed by atoms with E-state index in [0.29, 0.717) is 0 Å². The van der Waals surface area contributed by atoms with Crippen LogP contribution < -0.4 is 16.1 Å². The Hall–Kier alpha value is -3.20. The number of aromatic nitrogens is 1. The summed E-state index contributed by atoms with van der Waals surface area (Å²) >= 11 is 5.70. The van der Waals surface area contributed by atoms with Gasteiger partial charge in [-0.1, -0.05) is 17.7 Å². The number of pyridine rings is 1. The molecule has 0 aliphatic heterocycles. The van der Waals surface area contributed by atoms with Crippen molar-refractivity contribution in [2.24, 2.45) is 5.10 Å². The summed E-state index contributed by atoms with van der Waals surface area (Å²) in [5, 5.41) is 26.1. The van der Waals surface area contributed by atoms with Crippen molar-refractivity contribution < 1.29 is 14.8 Å². The topological polar surface area (TPSA) is 130 Å². The molecule has 0 radical (unpaired) electrons. The number of hydrogen-bond donors (Lipinski definition) is 1. The van der Waals surface area contributed by atoms with Crippen LogP contribution >= 0.6 is 11.6 Å². The Labute approximate surface area is 140 Å². The zero-order chi connectivity index (χ0) is 17.7. The molecule has 2 rings (SSSR count). The molecule has 0 unspecified atom stereocenters. The third kappa shape index (κ3) is 4.17. The molecular weight excluding hydrogens is 340 g/mol. The van der Waals surface area contributed by atoms with E-state index in [1.807, 2.05) is 0 Å². The molecule has 0 aliphatic rings. The van der Waals surface area contributed by atoms with Crippen molar-refractivity contribution in [2.75, 3.05) is 0 Å². The number of carbonyl (C=O) groups is 1. The number of nitrogens with one attached hydrogen (secondary N) is 1. The molecule has 0 aliphatic carbocycles. The quantitative estimate of drug-likeness (QED) is 0.480. The van der Waals surface area contributed by atoms with Gasteiger partial charge in [0.25, 0.3) is 17.2 Å². The Morgan fingerprint density at radius 1 is 1.42 bits per heavy atom. The van der Waals surface area contributed by atoms with Crippen molar-refractivity contribution in [2.45, 2.75) is 6.54 Å². The lowest BCUT2D eigenvalue weighted by molar-refractivity contribution is -0.398. The molecule has 1 heterocycles. The molecular formula is C14H10ClN4O5-. The van der Waals surface area contributed by atoms with Crippen molar-refractivity contribution >= 4 is 29.4 Å². The number of hydrogen-bond acceptors (Lipinski definition) is 6. The Bertz CT molecular complexity index is 878. The zero-order valence-electron chi connectivity index (χ0n) is 12.0. The molecule has 124 valence electrons. The second kappa shape index (κ2) is 7.38. The van der Waals surface area contributed by atoms with E-state index in [9.17, 15) is 24.8 Å². The summed E-state index contributed by atoms with van der Waals surface area (Å²) in [4.78, 5) is 33.0. The number of hydrazone groups is 1. The third-order valence-electron chi connectivity index (χ3n) is 2.87. The van der Waals surface area contributed by atoms with Crippen LogP contribution in [-0.4, -0.2) is 21.6 Å². The number of nitro groups is 1. The number of halogens is 1. The monoisotopic (exact) mass is 349 g/mol. The maximum Gasteiger partial charge on any atom is 0.263 e. The molecule has 1 amide bonds. The van der Waals surface area contributed by atoms with Crippen LogP contribution in [0.5, 0.6) is 5.75 Å². The van der Waals surface area contributed by atoms with Gasteiger partial charge in [0.2, 0.25) is 0 Å². The van der Waals surface area contributed by atoms with Crippen LogP contribution in [0.3, 0.4) is 0 Å². The van der Waals surface area contributed by atoms with Crippen LogP contribution in [0.1, 0.15) is 5.56 Å². The number of amides is 1. The highest BCUT2D eigenvalue weighted by atomic mass is 35.5. The van der Waals surface area contributed by atoms with Crippen LogP contribution in [0, 0.1) is 10.1 Å². The summed E-state index contributed by atoms with van der Waals surface area (Å²) < 4.78 is 1.16. The van der Waals surface area contributed by atoms with E-state index in [-0.39, 0.29) is 22.7 Å². The van der Waals surface area contributed by atoms with Gasteiger partial charge in [0, 0.05) is 23.4 Å². The molecule has 0 bridgehead atoms. The first kappa shape index (κ1) is 17.2. The van der Waals surface area contributed by atoms with Gasteiger partial charge in [-0.3, -0.25) is 19.7 Å². The zero-order valence-corrected chi connectivity index (χ0v) is 12.8. The number of carbonyl (C=O) groups excluding carboxylic acids is 1. The Balaban J connectivity index is 2.09. The molecule has 0 spiro atoms. The number of benzene rings is 1. The first-order valence-electron chi connectivity index (χ1n) is 6.51. The van der Waals surface area contributed by atoms with Crippen LogP contribution in [0.25, 0.3) is 0 Å². The van der Waals surface area contributed by atoms with Crippen molar-refractivity contribution in [3.8, 4) is 5.75 Å². The van der Waals surface area contributed by atoms with Crippen LogP contribution in [-0.2, 0) is 11.3 Å². The smallest absolute Gasteiger partial charge is 0.263 e. The van der Waals surface area contributed by atoms with Crippen LogP contribution in [0.4, 0.5) is 5.69 Å². The van der Waals surface area contributed by atoms with E-state index in [4.69, 9.17) is 11.6 Å². The van der Waals surface area contributed by atoms with E-state index in [0.717, 1.165) is 16.8 Å². The summed E-state index contributed by atoms with van der Waals surface area (Å²) in [5.74, 6) is -1.48. The number of rotatable bonds is 5. The van der Waals surface area contributed by atoms with E-state index in [1.54, 1.807) is 6.07 Å². The molecule has 2 aromatic rings. The molecule has 1 N–H and O–H groups in total. The van der Waals surface area contributed by atoms with Gasteiger partial charge in [-0.05, 0) is 23.4 Å². The van der Waals surface area contributed by atoms with Gasteiger partial charge >= 0.3 is 0 Å². The van der Waals surface area contributed by atoms with E-state index >= 15 is 0 Å². The number of nitrogens with zero attached hydrogens (tertiary/aromatic N) is 3. The summed E-state index contributed by atoms with van der Waals surface area (Å²) in [6.07, 6.45) is 2.38. The van der Waals surface area contributed by atoms with Gasteiger partial charge < -0.3 is 9.67 Å². The lowest BCUT2D eigenvalue weighted by atomic mass is 10.2. The average Bonchev–Trinajstić information content (AvgIpc) is 2.52. The normalized spacial score (nSPS) is 10.7. The highest BCUT2D eigenvalue weighted by molar-refractivity contribution is 6.31. The highest BCUT2D eigenvalue weighted by Crippen LogP contribution is 2.29. The lowest BCUT2D eigenvalue weighted by Gasteiger charge is -2.10. The predicted octanol–water partition coefficient (Wildman–Crippen LogP) is 0.634. The summed E-state index contributed by atoms with van der Waals surface area (Å²) in [5.41, 5.74) is 0.928. The molecule has 0 saturated heterocycles. The second-order valence-corrected chi connectivity index (χ2v) is 5.00. The minimum absolute atomic E-state index is 0.00934. The molecule has 9 nitrogen and oxygen atoms in total. The van der Waals surface area contributed by atoms with Gasteiger partial charge in [-0.2, -0.15) is 5.10 Å². The van der Waals surface area contributed by atoms with Crippen LogP contribution in [0.15, 0.2) is 46.4 Å². The van der Waals surface area contributed by atoms with Crippen molar-refractivity contribution in [3.63, 3.8) is 0 Å². The van der Waals surface area contributed by atoms with Crippen molar-refractivity contribution in [1.82, 2.24) is 9.99 Å². The average molecular weight is 350 g/mol. The molecule has 0 atom stereocenters. The van der Waals surface area contributed by atoms with E-state index in [2.05, 4.69) is 10.5 Å². The molecule has 0 fully saturated rings. The second-order valence-electron chi connectivity index (χ2n) is 4.56. The summed E-state index contributed by atoms with van der Waals surface area (Å²) in [6.45, 7) is -0.267. The van der Waals surface area contributed by atoms with Gasteiger partial charge in [0.05, 0.1) is 11.1 Å². The highest BCUT2D eigenvalue weighted by Gasteiger charge is 2.11. The summed E-state index contributed by atoms with van der Waals surface area (Å²) in [6, 6.07) is 6.55. The minimum Gasteiger partial charge on any atom is -0.867 e. The minimum atomic E-state index is -0.873. The van der Waals surface area contributed by atoms with Crippen molar-refractivity contribution in [1.29, 1.82) is 0 Å². The standard InChI is InChI=1S/C14H11ClN4O5/c15-10-5-9(14(22)11(6-10)19(23)24)7-16-17-12(20)8-18-4-2-1-3-13(18)21/h1-7,22H,8H2,(H,17,20)/p-1/b16-7-. The van der Waals surface area contributed by atoms with Crippen LogP contribution in [0.2, 0.25) is 5.02 Å². The first-order chi connectivity index (χ1) is 11.4. The predicted molar refractivity (Wildman–Crippen MR) is 84.0 cm³/mol. The fraction of sp³-hybridized carbons (Fsp3) is 0.0714. The van der Waals surface area contributed by atoms with Gasteiger partial charge in [0.15, 0.2) is 0 Å². The summed E-state index contributed by atoms with van der Waals surface area (Å²) in [7, 11) is 0. The fourth-order valence-corrected chi connectivity index (χ4v) is 2.01. The third-order valence-corrected chi connectivity index (χ3v) is 3.08.